The Morgan fingerprint density at radius 3 is 2.45 bits per heavy atom. The lowest BCUT2D eigenvalue weighted by atomic mass is 10.3. The Hall–Kier alpha value is -0.990. The summed E-state index contributed by atoms with van der Waals surface area (Å²) in [6.07, 6.45) is -4.69. The predicted molar refractivity (Wildman–Crippen MR) is 80.3 cm³/mol. The highest BCUT2D eigenvalue weighted by atomic mass is 79.9. The van der Waals surface area contributed by atoms with Crippen LogP contribution in [-0.2, 0) is 0 Å². The van der Waals surface area contributed by atoms with Crippen LogP contribution >= 0.6 is 15.9 Å². The molecule has 0 unspecified atom stereocenters. The molecule has 0 bridgehead atoms. The standard InChI is InChI=1S/C14H18BrF3N2O2/c1-19-4-6-20(7-5-19)8-9-21-13-3-2-11(10-12(13)15)22-14(16,17)18/h2-3,10H,4-9H2,1H3. The van der Waals surface area contributed by atoms with Crippen LogP contribution in [0.2, 0.25) is 0 Å². The summed E-state index contributed by atoms with van der Waals surface area (Å²) in [4.78, 5) is 4.57. The lowest BCUT2D eigenvalue weighted by molar-refractivity contribution is -0.274. The monoisotopic (exact) mass is 382 g/mol. The highest BCUT2D eigenvalue weighted by Gasteiger charge is 2.31. The zero-order chi connectivity index (χ0) is 16.2. The number of halogens is 4. The number of alkyl halides is 3. The molecule has 2 rings (SSSR count). The molecule has 1 aromatic carbocycles. The molecule has 0 N–H and O–H groups in total. The van der Waals surface area contributed by atoms with Gasteiger partial charge in [-0.1, -0.05) is 0 Å². The van der Waals surface area contributed by atoms with Crippen molar-refractivity contribution in [3.63, 3.8) is 0 Å². The van der Waals surface area contributed by atoms with Crippen LogP contribution < -0.4 is 9.47 Å². The van der Waals surface area contributed by atoms with Crippen molar-refractivity contribution in [3.8, 4) is 11.5 Å². The minimum absolute atomic E-state index is 0.272. The average molecular weight is 383 g/mol. The van der Waals surface area contributed by atoms with Crippen LogP contribution in [0.1, 0.15) is 0 Å². The third-order valence-corrected chi connectivity index (χ3v) is 4.02. The van der Waals surface area contributed by atoms with Crippen molar-refractivity contribution < 1.29 is 22.6 Å². The fourth-order valence-corrected chi connectivity index (χ4v) is 2.62. The first-order valence-electron chi connectivity index (χ1n) is 6.92. The molecular weight excluding hydrogens is 365 g/mol. The second kappa shape index (κ2) is 7.52. The van der Waals surface area contributed by atoms with Gasteiger partial charge in [0.2, 0.25) is 0 Å². The fraction of sp³-hybridized carbons (Fsp3) is 0.571. The van der Waals surface area contributed by atoms with E-state index >= 15 is 0 Å². The van der Waals surface area contributed by atoms with E-state index < -0.39 is 6.36 Å². The third kappa shape index (κ3) is 5.66. The molecule has 22 heavy (non-hydrogen) atoms. The van der Waals surface area contributed by atoms with E-state index in [0.29, 0.717) is 16.8 Å². The summed E-state index contributed by atoms with van der Waals surface area (Å²) in [6.45, 7) is 5.35. The number of benzene rings is 1. The summed E-state index contributed by atoms with van der Waals surface area (Å²) in [5, 5.41) is 0. The number of nitrogens with zero attached hydrogens (tertiary/aromatic N) is 2. The molecule has 1 aliphatic heterocycles. The number of likely N-dealkylation sites (N-methyl/N-ethyl adjacent to an activating group) is 1. The van der Waals surface area contributed by atoms with Gasteiger partial charge in [-0.3, -0.25) is 4.90 Å². The fourth-order valence-electron chi connectivity index (χ4n) is 2.15. The summed E-state index contributed by atoms with van der Waals surface area (Å²) in [7, 11) is 2.09. The molecule has 1 aromatic rings. The van der Waals surface area contributed by atoms with E-state index in [9.17, 15) is 13.2 Å². The van der Waals surface area contributed by atoms with E-state index in [0.717, 1.165) is 32.7 Å². The van der Waals surface area contributed by atoms with Crippen LogP contribution in [0.3, 0.4) is 0 Å². The number of piperazine rings is 1. The number of rotatable bonds is 5. The first-order valence-corrected chi connectivity index (χ1v) is 7.72. The maximum absolute atomic E-state index is 12.1. The summed E-state index contributed by atoms with van der Waals surface area (Å²) in [5.74, 6) is 0.231. The topological polar surface area (TPSA) is 24.9 Å². The van der Waals surface area contributed by atoms with Crippen molar-refractivity contribution in [1.82, 2.24) is 9.80 Å². The van der Waals surface area contributed by atoms with Gasteiger partial charge < -0.3 is 14.4 Å². The van der Waals surface area contributed by atoms with E-state index in [1.165, 1.54) is 18.2 Å². The molecule has 4 nitrogen and oxygen atoms in total. The second-order valence-corrected chi connectivity index (χ2v) is 5.99. The average Bonchev–Trinajstić information content (AvgIpc) is 2.41. The molecule has 1 heterocycles. The first kappa shape index (κ1) is 17.4. The summed E-state index contributed by atoms with van der Waals surface area (Å²) in [5.41, 5.74) is 0. The minimum atomic E-state index is -4.69. The lowest BCUT2D eigenvalue weighted by Crippen LogP contribution is -2.45. The maximum Gasteiger partial charge on any atom is 0.573 e. The number of hydrogen-bond acceptors (Lipinski definition) is 4. The molecule has 0 saturated carbocycles. The van der Waals surface area contributed by atoms with Crippen molar-refractivity contribution in [2.45, 2.75) is 6.36 Å². The van der Waals surface area contributed by atoms with Crippen molar-refractivity contribution in [2.24, 2.45) is 0 Å². The molecule has 0 amide bonds. The Kier molecular flexibility index (Phi) is 5.94. The quantitative estimate of drug-likeness (QED) is 0.781. The molecule has 8 heteroatoms. The van der Waals surface area contributed by atoms with Crippen LogP contribution in [0.4, 0.5) is 13.2 Å². The zero-order valence-corrected chi connectivity index (χ0v) is 13.8. The summed E-state index contributed by atoms with van der Waals surface area (Å²) < 4.78 is 46.3. The highest BCUT2D eigenvalue weighted by Crippen LogP contribution is 2.31. The van der Waals surface area contributed by atoms with Gasteiger partial charge in [-0.2, -0.15) is 0 Å². The predicted octanol–water partition coefficient (Wildman–Crippen LogP) is 2.97. The molecule has 0 aliphatic carbocycles. The van der Waals surface area contributed by atoms with Crippen LogP contribution in [0.5, 0.6) is 11.5 Å². The SMILES string of the molecule is CN1CCN(CCOc2ccc(OC(F)(F)F)cc2Br)CC1. The van der Waals surface area contributed by atoms with E-state index in [4.69, 9.17) is 4.74 Å². The largest absolute Gasteiger partial charge is 0.573 e. The maximum atomic E-state index is 12.1. The van der Waals surface area contributed by atoms with Crippen molar-refractivity contribution in [3.05, 3.63) is 22.7 Å². The lowest BCUT2D eigenvalue weighted by Gasteiger charge is -2.32. The van der Waals surface area contributed by atoms with E-state index in [1.54, 1.807) is 0 Å². The molecule has 0 atom stereocenters. The minimum Gasteiger partial charge on any atom is -0.491 e. The van der Waals surface area contributed by atoms with Crippen LogP contribution in [0.25, 0.3) is 0 Å². The molecule has 1 saturated heterocycles. The van der Waals surface area contributed by atoms with E-state index in [1.807, 2.05) is 0 Å². The molecule has 0 radical (unpaired) electrons. The van der Waals surface area contributed by atoms with Crippen LogP contribution in [-0.4, -0.2) is 62.5 Å². The van der Waals surface area contributed by atoms with Crippen molar-refractivity contribution in [2.75, 3.05) is 46.4 Å². The van der Waals surface area contributed by atoms with E-state index in [-0.39, 0.29) is 5.75 Å². The normalized spacial score (nSPS) is 17.5. The summed E-state index contributed by atoms with van der Waals surface area (Å²) in [6, 6.07) is 3.96. The molecule has 124 valence electrons. The zero-order valence-electron chi connectivity index (χ0n) is 12.2. The van der Waals surface area contributed by atoms with Gasteiger partial charge in [-0.15, -0.1) is 13.2 Å². The second-order valence-electron chi connectivity index (χ2n) is 5.13. The van der Waals surface area contributed by atoms with Gasteiger partial charge in [-0.05, 0) is 41.2 Å². The molecular formula is C14H18BrF3N2O2. The van der Waals surface area contributed by atoms with E-state index in [2.05, 4.69) is 37.5 Å². The summed E-state index contributed by atoms with van der Waals surface area (Å²) >= 11 is 3.20. The third-order valence-electron chi connectivity index (χ3n) is 3.40. The smallest absolute Gasteiger partial charge is 0.491 e. The van der Waals surface area contributed by atoms with Crippen LogP contribution in [0.15, 0.2) is 22.7 Å². The molecule has 1 aliphatic rings. The van der Waals surface area contributed by atoms with Gasteiger partial charge in [-0.25, -0.2) is 0 Å². The number of ether oxygens (including phenoxy) is 2. The van der Waals surface area contributed by atoms with Gasteiger partial charge in [0, 0.05) is 32.7 Å². The Labute approximate surface area is 135 Å². The van der Waals surface area contributed by atoms with Gasteiger partial charge in [0.1, 0.15) is 18.1 Å². The Morgan fingerprint density at radius 2 is 1.86 bits per heavy atom. The van der Waals surface area contributed by atoms with Gasteiger partial charge >= 0.3 is 6.36 Å². The molecule has 0 spiro atoms. The van der Waals surface area contributed by atoms with Gasteiger partial charge in [0.25, 0.3) is 0 Å². The van der Waals surface area contributed by atoms with Gasteiger partial charge in [0.05, 0.1) is 4.47 Å². The Morgan fingerprint density at radius 1 is 1.18 bits per heavy atom. The number of hydrogen-bond donors (Lipinski definition) is 0. The molecule has 1 fully saturated rings. The Balaban J connectivity index is 1.80. The van der Waals surface area contributed by atoms with Crippen LogP contribution in [0, 0.1) is 0 Å². The van der Waals surface area contributed by atoms with Gasteiger partial charge in [0.15, 0.2) is 0 Å². The molecule has 0 aromatic heterocycles. The first-order chi connectivity index (χ1) is 10.3. The van der Waals surface area contributed by atoms with Crippen molar-refractivity contribution >= 4 is 15.9 Å². The van der Waals surface area contributed by atoms with Crippen molar-refractivity contribution in [1.29, 1.82) is 0 Å². The highest BCUT2D eigenvalue weighted by molar-refractivity contribution is 9.10. The Bertz CT molecular complexity index is 491.